The fourth-order valence-electron chi connectivity index (χ4n) is 4.94. The van der Waals surface area contributed by atoms with E-state index in [1.807, 2.05) is 73.8 Å². The number of rotatable bonds is 4. The summed E-state index contributed by atoms with van der Waals surface area (Å²) >= 11 is 0. The van der Waals surface area contributed by atoms with E-state index in [2.05, 4.69) is 83.6 Å². The van der Waals surface area contributed by atoms with Crippen LogP contribution in [0, 0.1) is 19.1 Å². The third-order valence-corrected chi connectivity index (χ3v) is 7.07. The number of hydrogen-bond acceptors (Lipinski definition) is 3. The van der Waals surface area contributed by atoms with Crippen molar-refractivity contribution >= 4 is 21.9 Å². The Bertz CT molecular complexity index is 1850. The van der Waals surface area contributed by atoms with Crippen LogP contribution in [-0.4, -0.2) is 9.97 Å². The summed E-state index contributed by atoms with van der Waals surface area (Å²) in [5.41, 5.74) is 9.24. The number of aryl methyl sites for hydroxylation is 1. The molecule has 0 saturated heterocycles. The van der Waals surface area contributed by atoms with Crippen molar-refractivity contribution in [3.05, 3.63) is 156 Å². The molecule has 1 unspecified atom stereocenters. The van der Waals surface area contributed by atoms with Crippen LogP contribution in [0.2, 0.25) is 0 Å². The van der Waals surface area contributed by atoms with E-state index in [4.69, 9.17) is 4.42 Å². The van der Waals surface area contributed by atoms with Gasteiger partial charge in [0.05, 0.1) is 5.58 Å². The molecule has 1 radical (unpaired) electrons. The predicted molar refractivity (Wildman–Crippen MR) is 163 cm³/mol. The number of furan rings is 1. The zero-order valence-corrected chi connectivity index (χ0v) is 25.2. The monoisotopic (exact) mass is 709 g/mol. The smallest absolute Gasteiger partial charge is 0.120 e. The number of pyridine rings is 2. The Morgan fingerprint density at radius 2 is 1.51 bits per heavy atom. The molecule has 0 aliphatic rings. The summed E-state index contributed by atoms with van der Waals surface area (Å²) in [5, 5.41) is 2.29. The van der Waals surface area contributed by atoms with Gasteiger partial charge < -0.3 is 14.4 Å². The van der Waals surface area contributed by atoms with Gasteiger partial charge in [-0.3, -0.25) is 0 Å². The molecule has 0 N–H and O–H groups in total. The number of nitrogens with zero attached hydrogens (tertiary/aromatic N) is 2. The molecule has 0 aliphatic carbocycles. The first kappa shape index (κ1) is 28.2. The van der Waals surface area contributed by atoms with Crippen molar-refractivity contribution in [1.29, 1.82) is 0 Å². The molecule has 0 spiro atoms. The zero-order chi connectivity index (χ0) is 27.3. The van der Waals surface area contributed by atoms with Gasteiger partial charge in [0.25, 0.3) is 0 Å². The van der Waals surface area contributed by atoms with Gasteiger partial charge in [-0.2, -0.15) is 0 Å². The van der Waals surface area contributed by atoms with E-state index in [-0.39, 0.29) is 26.0 Å². The number of fused-ring (bicyclic) bond motifs is 3. The molecule has 3 nitrogen and oxygen atoms in total. The van der Waals surface area contributed by atoms with E-state index in [1.54, 1.807) is 6.20 Å². The second kappa shape index (κ2) is 12.9. The largest absolute Gasteiger partial charge is 0.501 e. The van der Waals surface area contributed by atoms with E-state index < -0.39 is 0 Å². The molecular formula is C37H28IrN2O-2. The van der Waals surface area contributed by atoms with Crippen molar-refractivity contribution in [1.82, 2.24) is 9.97 Å². The van der Waals surface area contributed by atoms with Crippen molar-refractivity contribution in [3.8, 4) is 22.5 Å². The second-order valence-electron chi connectivity index (χ2n) is 9.77. The molecule has 3 heterocycles. The van der Waals surface area contributed by atoms with Gasteiger partial charge in [-0.15, -0.1) is 53.6 Å². The van der Waals surface area contributed by atoms with E-state index in [0.717, 1.165) is 44.5 Å². The Balaban J connectivity index is 0.000000204. The van der Waals surface area contributed by atoms with Gasteiger partial charge in [-0.25, -0.2) is 0 Å². The van der Waals surface area contributed by atoms with Crippen LogP contribution in [0.15, 0.2) is 132 Å². The quantitative estimate of drug-likeness (QED) is 0.171. The van der Waals surface area contributed by atoms with Crippen molar-refractivity contribution in [3.63, 3.8) is 0 Å². The summed E-state index contributed by atoms with van der Waals surface area (Å²) in [6, 6.07) is 45.3. The van der Waals surface area contributed by atoms with Gasteiger partial charge in [0, 0.05) is 37.9 Å². The summed E-state index contributed by atoms with van der Waals surface area (Å²) in [6.07, 6.45) is 3.67. The van der Waals surface area contributed by atoms with Gasteiger partial charge in [-0.1, -0.05) is 90.7 Å². The Morgan fingerprint density at radius 1 is 0.732 bits per heavy atom. The predicted octanol–water partition coefficient (Wildman–Crippen LogP) is 9.45. The molecule has 4 heteroatoms. The first-order chi connectivity index (χ1) is 19.7. The van der Waals surface area contributed by atoms with Crippen LogP contribution in [0.3, 0.4) is 0 Å². The minimum atomic E-state index is 0. The van der Waals surface area contributed by atoms with Crippen LogP contribution >= 0.6 is 0 Å². The van der Waals surface area contributed by atoms with Crippen LogP contribution in [0.5, 0.6) is 0 Å². The van der Waals surface area contributed by atoms with E-state index in [1.165, 1.54) is 16.7 Å². The third-order valence-electron chi connectivity index (χ3n) is 7.07. The van der Waals surface area contributed by atoms with Crippen molar-refractivity contribution in [2.24, 2.45) is 0 Å². The molecule has 7 aromatic rings. The van der Waals surface area contributed by atoms with E-state index >= 15 is 0 Å². The van der Waals surface area contributed by atoms with Gasteiger partial charge in [0.1, 0.15) is 5.58 Å². The molecule has 1 atom stereocenters. The fourth-order valence-corrected chi connectivity index (χ4v) is 4.94. The average Bonchev–Trinajstić information content (AvgIpc) is 3.42. The van der Waals surface area contributed by atoms with Crippen LogP contribution in [0.25, 0.3) is 44.5 Å². The molecular weight excluding hydrogens is 681 g/mol. The zero-order valence-electron chi connectivity index (χ0n) is 22.8. The van der Waals surface area contributed by atoms with Crippen LogP contribution in [-0.2, 0) is 20.1 Å². The Morgan fingerprint density at radius 3 is 2.24 bits per heavy atom. The first-order valence-electron chi connectivity index (χ1n) is 13.4. The maximum absolute atomic E-state index is 6.29. The Labute approximate surface area is 254 Å². The van der Waals surface area contributed by atoms with Gasteiger partial charge >= 0.3 is 0 Å². The van der Waals surface area contributed by atoms with Gasteiger partial charge in [0.15, 0.2) is 0 Å². The first-order valence-corrected chi connectivity index (χ1v) is 13.4. The number of benzene rings is 4. The maximum atomic E-state index is 6.29. The standard InChI is InChI=1S/C25H18NO.C12H10N.Ir/c1-17(18-9-3-2-4-10-18)19-14-15-20(22-12-7-8-16-26-22)25-24(19)21-11-5-6-13-23(21)27-25;1-10-7-8-12(13-9-10)11-5-3-2-4-6-11;/h2-14,16-17H,1H3;2-5,7-9H,1H3;/q2*-1;. The number of para-hydroxylation sites is 1. The normalized spacial score (nSPS) is 11.4. The number of hydrogen-bond donors (Lipinski definition) is 0. The van der Waals surface area contributed by atoms with Crippen molar-refractivity contribution < 1.29 is 24.5 Å². The van der Waals surface area contributed by atoms with E-state index in [0.29, 0.717) is 0 Å². The summed E-state index contributed by atoms with van der Waals surface area (Å²) in [6.45, 7) is 4.27. The third kappa shape index (κ3) is 6.05. The molecule has 0 bridgehead atoms. The second-order valence-corrected chi connectivity index (χ2v) is 9.77. The Kier molecular flexibility index (Phi) is 8.84. The topological polar surface area (TPSA) is 38.9 Å². The minimum Gasteiger partial charge on any atom is -0.501 e. The van der Waals surface area contributed by atoms with Gasteiger partial charge in [0.2, 0.25) is 0 Å². The summed E-state index contributed by atoms with van der Waals surface area (Å²) in [4.78, 5) is 8.83. The summed E-state index contributed by atoms with van der Waals surface area (Å²) in [7, 11) is 0. The summed E-state index contributed by atoms with van der Waals surface area (Å²) < 4.78 is 6.29. The molecule has 7 rings (SSSR count). The number of aromatic nitrogens is 2. The molecule has 41 heavy (non-hydrogen) atoms. The van der Waals surface area contributed by atoms with Crippen molar-refractivity contribution in [2.45, 2.75) is 19.8 Å². The Hall–Kier alpha value is -4.37. The SMILES string of the molecule is CC(c1ccccc1)c1c[c-]c(-c2ccccn2)c2oc3ccccc3c12.Cc1ccc(-c2[c-]cccc2)nc1.[Ir]. The average molecular weight is 709 g/mol. The van der Waals surface area contributed by atoms with Gasteiger partial charge in [-0.05, 0) is 47.5 Å². The van der Waals surface area contributed by atoms with Crippen molar-refractivity contribution in [2.75, 3.05) is 0 Å². The maximum Gasteiger partial charge on any atom is 0.120 e. The molecule has 4 aromatic carbocycles. The van der Waals surface area contributed by atoms with Crippen LogP contribution < -0.4 is 0 Å². The molecule has 0 fully saturated rings. The fraction of sp³-hybridized carbons (Fsp3) is 0.0811. The molecule has 3 aromatic heterocycles. The molecule has 203 valence electrons. The molecule has 0 aliphatic heterocycles. The van der Waals surface area contributed by atoms with Crippen LogP contribution in [0.4, 0.5) is 0 Å². The minimum absolute atomic E-state index is 0. The molecule has 0 amide bonds. The van der Waals surface area contributed by atoms with Crippen LogP contribution in [0.1, 0.15) is 29.5 Å². The molecule has 0 saturated carbocycles. The van der Waals surface area contributed by atoms with E-state index in [9.17, 15) is 0 Å². The summed E-state index contributed by atoms with van der Waals surface area (Å²) in [5.74, 6) is 0.240.